The lowest BCUT2D eigenvalue weighted by atomic mass is 10.1. The first kappa shape index (κ1) is 15.4. The second-order valence-electron chi connectivity index (χ2n) is 5.14. The molecule has 0 atom stereocenters. The first-order valence-corrected chi connectivity index (χ1v) is 7.16. The second-order valence-corrected chi connectivity index (χ2v) is 5.14. The van der Waals surface area contributed by atoms with E-state index in [4.69, 9.17) is 5.73 Å². The number of benzene rings is 1. The van der Waals surface area contributed by atoms with E-state index < -0.39 is 0 Å². The number of nitrogens with zero attached hydrogens (tertiary/aromatic N) is 2. The SMILES string of the molecule is N/C(=C\C=Nc1ccc(F)cc1)C(=O)CN1CCCCC1. The van der Waals surface area contributed by atoms with E-state index in [1.807, 2.05) is 0 Å². The average molecular weight is 289 g/mol. The summed E-state index contributed by atoms with van der Waals surface area (Å²) in [4.78, 5) is 18.2. The van der Waals surface area contributed by atoms with Crippen LogP contribution in [-0.2, 0) is 4.79 Å². The molecule has 0 amide bonds. The minimum absolute atomic E-state index is 0.0811. The van der Waals surface area contributed by atoms with Gasteiger partial charge in [-0.05, 0) is 56.3 Å². The second kappa shape index (κ2) is 7.69. The molecule has 0 unspecified atom stereocenters. The van der Waals surface area contributed by atoms with Crippen LogP contribution in [0.2, 0.25) is 0 Å². The minimum atomic E-state index is -0.305. The summed E-state index contributed by atoms with van der Waals surface area (Å²) < 4.78 is 12.7. The third-order valence-corrected chi connectivity index (χ3v) is 3.44. The number of Topliss-reactive ketones (excluding diaryl/α,β-unsaturated/α-hetero) is 1. The quantitative estimate of drug-likeness (QED) is 0.669. The fraction of sp³-hybridized carbons (Fsp3) is 0.375. The number of halogens is 1. The van der Waals surface area contributed by atoms with Crippen molar-refractivity contribution >= 4 is 17.7 Å². The van der Waals surface area contributed by atoms with Gasteiger partial charge in [-0.25, -0.2) is 4.39 Å². The van der Waals surface area contributed by atoms with Crippen molar-refractivity contribution in [2.75, 3.05) is 19.6 Å². The van der Waals surface area contributed by atoms with Gasteiger partial charge in [0.15, 0.2) is 5.78 Å². The highest BCUT2D eigenvalue weighted by atomic mass is 19.1. The average Bonchev–Trinajstić information content (AvgIpc) is 2.50. The molecule has 0 aliphatic carbocycles. The lowest BCUT2D eigenvalue weighted by molar-refractivity contribution is -0.116. The first-order valence-electron chi connectivity index (χ1n) is 7.16. The Kier molecular flexibility index (Phi) is 5.63. The predicted molar refractivity (Wildman–Crippen MR) is 82.1 cm³/mol. The zero-order valence-electron chi connectivity index (χ0n) is 12.0. The van der Waals surface area contributed by atoms with E-state index in [0.717, 1.165) is 25.9 Å². The molecule has 0 bridgehead atoms. The van der Waals surface area contributed by atoms with Crippen molar-refractivity contribution in [2.24, 2.45) is 10.7 Å². The molecule has 1 fully saturated rings. The number of piperidine rings is 1. The van der Waals surface area contributed by atoms with Gasteiger partial charge in [0.25, 0.3) is 0 Å². The number of carbonyl (C=O) groups excluding carboxylic acids is 1. The summed E-state index contributed by atoms with van der Waals surface area (Å²) in [5, 5.41) is 0. The van der Waals surface area contributed by atoms with Crippen molar-refractivity contribution in [1.82, 2.24) is 4.90 Å². The van der Waals surface area contributed by atoms with Gasteiger partial charge in [0, 0.05) is 6.21 Å². The summed E-state index contributed by atoms with van der Waals surface area (Å²) >= 11 is 0. The Labute approximate surface area is 124 Å². The monoisotopic (exact) mass is 289 g/mol. The molecule has 2 rings (SSSR count). The number of hydrogen-bond acceptors (Lipinski definition) is 4. The number of nitrogens with two attached hydrogens (primary N) is 1. The Morgan fingerprint density at radius 3 is 2.57 bits per heavy atom. The third-order valence-electron chi connectivity index (χ3n) is 3.44. The summed E-state index contributed by atoms with van der Waals surface area (Å²) in [7, 11) is 0. The van der Waals surface area contributed by atoms with Crippen molar-refractivity contribution < 1.29 is 9.18 Å². The molecule has 0 radical (unpaired) electrons. The van der Waals surface area contributed by atoms with Crippen molar-refractivity contribution in [1.29, 1.82) is 0 Å². The van der Waals surface area contributed by atoms with Crippen molar-refractivity contribution in [3.05, 3.63) is 41.9 Å². The molecule has 1 saturated heterocycles. The molecular formula is C16H20FN3O. The molecule has 0 saturated carbocycles. The molecule has 1 aliphatic heterocycles. The van der Waals surface area contributed by atoms with Gasteiger partial charge in [0.2, 0.25) is 0 Å². The molecule has 1 aromatic carbocycles. The van der Waals surface area contributed by atoms with E-state index in [9.17, 15) is 9.18 Å². The van der Waals surface area contributed by atoms with Crippen LogP contribution >= 0.6 is 0 Å². The van der Waals surface area contributed by atoms with Gasteiger partial charge in [0.05, 0.1) is 17.9 Å². The Morgan fingerprint density at radius 2 is 1.90 bits per heavy atom. The molecule has 2 N–H and O–H groups in total. The molecule has 0 aromatic heterocycles. The maximum absolute atomic E-state index is 12.7. The summed E-state index contributed by atoms with van der Waals surface area (Å²) in [5.74, 6) is -0.386. The van der Waals surface area contributed by atoms with Gasteiger partial charge in [-0.2, -0.15) is 0 Å². The molecular weight excluding hydrogens is 269 g/mol. The molecule has 4 nitrogen and oxygen atoms in total. The summed E-state index contributed by atoms with van der Waals surface area (Å²) in [6, 6.07) is 5.79. The fourth-order valence-corrected chi connectivity index (χ4v) is 2.24. The van der Waals surface area contributed by atoms with E-state index in [2.05, 4.69) is 9.89 Å². The van der Waals surface area contributed by atoms with Gasteiger partial charge in [-0.3, -0.25) is 14.7 Å². The lowest BCUT2D eigenvalue weighted by Gasteiger charge is -2.25. The van der Waals surface area contributed by atoms with Crippen molar-refractivity contribution in [3.8, 4) is 0 Å². The van der Waals surface area contributed by atoms with E-state index in [1.165, 1.54) is 30.8 Å². The zero-order chi connectivity index (χ0) is 15.1. The topological polar surface area (TPSA) is 58.7 Å². The predicted octanol–water partition coefficient (Wildman–Crippen LogP) is 2.43. The molecule has 5 heteroatoms. The molecule has 1 heterocycles. The van der Waals surface area contributed by atoms with Gasteiger partial charge in [0.1, 0.15) is 5.82 Å². The number of carbonyl (C=O) groups is 1. The highest BCUT2D eigenvalue weighted by Crippen LogP contribution is 2.11. The maximum atomic E-state index is 12.7. The van der Waals surface area contributed by atoms with Crippen LogP contribution in [0.25, 0.3) is 0 Å². The highest BCUT2D eigenvalue weighted by Gasteiger charge is 2.14. The zero-order valence-corrected chi connectivity index (χ0v) is 12.0. The Hall–Kier alpha value is -2.01. The minimum Gasteiger partial charge on any atom is -0.396 e. The molecule has 0 spiro atoms. The van der Waals surface area contributed by atoms with Gasteiger partial charge in [-0.1, -0.05) is 6.42 Å². The van der Waals surface area contributed by atoms with Crippen LogP contribution in [0.3, 0.4) is 0 Å². The van der Waals surface area contributed by atoms with E-state index >= 15 is 0 Å². The number of rotatable bonds is 5. The lowest BCUT2D eigenvalue weighted by Crippen LogP contribution is -2.36. The van der Waals surface area contributed by atoms with Gasteiger partial charge < -0.3 is 5.73 Å². The smallest absolute Gasteiger partial charge is 0.192 e. The van der Waals surface area contributed by atoms with E-state index in [-0.39, 0.29) is 17.3 Å². The van der Waals surface area contributed by atoms with Gasteiger partial charge in [-0.15, -0.1) is 0 Å². The standard InChI is InChI=1S/C16H20FN3O/c17-13-4-6-14(7-5-13)19-9-8-15(18)16(21)12-20-10-2-1-3-11-20/h4-9H,1-3,10-12,18H2/b15-8-,19-9?. The Balaban J connectivity index is 1.87. The van der Waals surface area contributed by atoms with Crippen LogP contribution in [0.5, 0.6) is 0 Å². The molecule has 21 heavy (non-hydrogen) atoms. The molecule has 112 valence electrons. The van der Waals surface area contributed by atoms with E-state index in [1.54, 1.807) is 12.1 Å². The maximum Gasteiger partial charge on any atom is 0.192 e. The summed E-state index contributed by atoms with van der Waals surface area (Å²) in [5.41, 5.74) is 6.57. The molecule has 1 aliphatic rings. The number of likely N-dealkylation sites (tertiary alicyclic amines) is 1. The van der Waals surface area contributed by atoms with Crippen molar-refractivity contribution in [3.63, 3.8) is 0 Å². The van der Waals surface area contributed by atoms with Crippen LogP contribution < -0.4 is 5.73 Å². The van der Waals surface area contributed by atoms with Gasteiger partial charge >= 0.3 is 0 Å². The van der Waals surface area contributed by atoms with Crippen LogP contribution in [0, 0.1) is 5.82 Å². The summed E-state index contributed by atoms with van der Waals surface area (Å²) in [6.07, 6.45) is 6.48. The van der Waals surface area contributed by atoms with Crippen molar-refractivity contribution in [2.45, 2.75) is 19.3 Å². The fourth-order valence-electron chi connectivity index (χ4n) is 2.24. The number of allylic oxidation sites excluding steroid dienone is 1. The van der Waals surface area contributed by atoms with Crippen LogP contribution in [0.1, 0.15) is 19.3 Å². The first-order chi connectivity index (χ1) is 10.1. The Morgan fingerprint density at radius 1 is 1.24 bits per heavy atom. The largest absolute Gasteiger partial charge is 0.396 e. The third kappa shape index (κ3) is 5.11. The molecule has 1 aromatic rings. The van der Waals surface area contributed by atoms with Crippen LogP contribution in [0.4, 0.5) is 10.1 Å². The Bertz CT molecular complexity index is 531. The number of hydrogen-bond donors (Lipinski definition) is 1. The van der Waals surface area contributed by atoms with Crippen LogP contribution in [0.15, 0.2) is 41.0 Å². The van der Waals surface area contributed by atoms with E-state index in [0.29, 0.717) is 12.2 Å². The normalized spacial score (nSPS) is 17.3. The number of aliphatic imine (C=N–C) groups is 1. The van der Waals surface area contributed by atoms with Crippen LogP contribution in [-0.4, -0.2) is 36.5 Å². The summed E-state index contributed by atoms with van der Waals surface area (Å²) in [6.45, 7) is 2.29. The highest BCUT2D eigenvalue weighted by molar-refractivity contribution is 5.99. The number of ketones is 1.